The Morgan fingerprint density at radius 3 is 2.69 bits per heavy atom. The lowest BCUT2D eigenvalue weighted by Crippen LogP contribution is -2.57. The molecular weight excluding hydrogens is 500 g/mol. The Morgan fingerprint density at radius 2 is 2.06 bits per heavy atom. The highest BCUT2D eigenvalue weighted by atomic mass is 79.9. The van der Waals surface area contributed by atoms with Gasteiger partial charge < -0.3 is 25.4 Å². The lowest BCUT2D eigenvalue weighted by molar-refractivity contribution is -0.142. The van der Waals surface area contributed by atoms with Crippen molar-refractivity contribution < 1.29 is 24.2 Å². The maximum Gasteiger partial charge on any atom is 0.244 e. The molecule has 4 aliphatic heterocycles. The van der Waals surface area contributed by atoms with Crippen LogP contribution in [0, 0.1) is 11.8 Å². The zero-order valence-corrected chi connectivity index (χ0v) is 21.0. The Morgan fingerprint density at radius 1 is 1.34 bits per heavy atom. The molecule has 0 aromatic heterocycles. The molecule has 11 heteroatoms. The number of alkyl halides is 1. The molecule has 1 spiro atoms. The van der Waals surface area contributed by atoms with Crippen molar-refractivity contribution in [1.82, 2.24) is 20.4 Å². The highest BCUT2D eigenvalue weighted by molar-refractivity contribution is 9.09. The van der Waals surface area contributed by atoms with Crippen LogP contribution in [-0.4, -0.2) is 113 Å². The minimum atomic E-state index is -0.702. The summed E-state index contributed by atoms with van der Waals surface area (Å²) in [5, 5.41) is 15.7. The summed E-state index contributed by atoms with van der Waals surface area (Å²) in [6, 6.07) is -1.15. The van der Waals surface area contributed by atoms with Crippen molar-refractivity contribution >= 4 is 45.4 Å². The SMILES string of the molecule is CC[C@@H](CO)N1C(=O)[C@@H]2[C@H](C(=O)NC)[C@H]3SC2(CC3Br)C1C(=O)NCCN1CCOCC1. The van der Waals surface area contributed by atoms with Gasteiger partial charge in [0.15, 0.2) is 0 Å². The quantitative estimate of drug-likeness (QED) is 0.358. The topological polar surface area (TPSA) is 111 Å². The second-order valence-electron chi connectivity index (χ2n) is 9.01. The van der Waals surface area contributed by atoms with Crippen LogP contribution in [0.5, 0.6) is 0 Å². The van der Waals surface area contributed by atoms with E-state index in [1.807, 2.05) is 6.92 Å². The van der Waals surface area contributed by atoms with Crippen LogP contribution in [-0.2, 0) is 19.1 Å². The van der Waals surface area contributed by atoms with Crippen LogP contribution in [0.2, 0.25) is 0 Å². The molecule has 0 aliphatic carbocycles. The maximum absolute atomic E-state index is 13.7. The number of halogens is 1. The van der Waals surface area contributed by atoms with E-state index in [-0.39, 0.29) is 34.4 Å². The van der Waals surface area contributed by atoms with Crippen LogP contribution in [0.1, 0.15) is 19.8 Å². The molecule has 4 saturated heterocycles. The molecule has 0 aromatic rings. The van der Waals surface area contributed by atoms with Gasteiger partial charge in [-0.15, -0.1) is 11.8 Å². The molecule has 3 unspecified atom stereocenters. The van der Waals surface area contributed by atoms with E-state index in [0.717, 1.165) is 19.6 Å². The van der Waals surface area contributed by atoms with Crippen molar-refractivity contribution in [1.29, 1.82) is 0 Å². The lowest BCUT2D eigenvalue weighted by Gasteiger charge is -2.37. The third kappa shape index (κ3) is 3.87. The molecule has 0 saturated carbocycles. The molecule has 0 aromatic carbocycles. The van der Waals surface area contributed by atoms with Crippen molar-refractivity contribution in [3.63, 3.8) is 0 Å². The third-order valence-corrected chi connectivity index (χ3v) is 10.7. The largest absolute Gasteiger partial charge is 0.394 e. The van der Waals surface area contributed by atoms with E-state index in [1.54, 1.807) is 23.7 Å². The second kappa shape index (κ2) is 9.77. The molecule has 9 nitrogen and oxygen atoms in total. The van der Waals surface area contributed by atoms with E-state index in [9.17, 15) is 19.5 Å². The summed E-state index contributed by atoms with van der Waals surface area (Å²) in [5.41, 5.74) is 0. The number of morpholine rings is 1. The highest BCUT2D eigenvalue weighted by Gasteiger charge is 2.76. The van der Waals surface area contributed by atoms with Gasteiger partial charge in [-0.25, -0.2) is 0 Å². The van der Waals surface area contributed by atoms with Gasteiger partial charge in [-0.2, -0.15) is 0 Å². The average molecular weight is 533 g/mol. The van der Waals surface area contributed by atoms with Gasteiger partial charge in [-0.3, -0.25) is 19.3 Å². The molecular formula is C21H33BrN4O5S. The van der Waals surface area contributed by atoms with Gasteiger partial charge in [0.2, 0.25) is 17.7 Å². The standard InChI is InChI=1S/C21H33BrN4O5S/c1-3-12(11-27)26-17(19(29)24-4-5-25-6-8-31-9-7-25)21-10-13(22)16(32-21)14(18(28)23-2)15(21)20(26)30/h12-17,27H,3-11H2,1-2H3,(H,23,28)(H,24,29)/t12-,13?,14-,15-,16-,17?,21?/m0/s1. The number of thioether (sulfide) groups is 1. The van der Waals surface area contributed by atoms with Crippen molar-refractivity contribution in [2.24, 2.45) is 11.8 Å². The number of hydrogen-bond acceptors (Lipinski definition) is 7. The number of aliphatic hydroxyl groups excluding tert-OH is 1. The molecule has 3 N–H and O–H groups in total. The first kappa shape index (κ1) is 24.3. The molecule has 7 atom stereocenters. The van der Waals surface area contributed by atoms with Gasteiger partial charge in [-0.1, -0.05) is 22.9 Å². The van der Waals surface area contributed by atoms with E-state index in [2.05, 4.69) is 31.5 Å². The van der Waals surface area contributed by atoms with Crippen LogP contribution in [0.4, 0.5) is 0 Å². The van der Waals surface area contributed by atoms with Crippen LogP contribution in [0.15, 0.2) is 0 Å². The zero-order valence-electron chi connectivity index (χ0n) is 18.6. The molecule has 4 heterocycles. The second-order valence-corrected chi connectivity index (χ2v) is 11.7. The summed E-state index contributed by atoms with van der Waals surface area (Å²) < 4.78 is 4.71. The third-order valence-electron chi connectivity index (χ3n) is 7.43. The lowest BCUT2D eigenvalue weighted by atomic mass is 9.70. The average Bonchev–Trinajstić information content (AvgIpc) is 3.39. The Balaban J connectivity index is 1.59. The van der Waals surface area contributed by atoms with Gasteiger partial charge in [0, 0.05) is 43.3 Å². The first-order chi connectivity index (χ1) is 15.4. The summed E-state index contributed by atoms with van der Waals surface area (Å²) >= 11 is 5.34. The number of ether oxygens (including phenoxy) is 1. The number of amides is 3. The number of rotatable bonds is 8. The van der Waals surface area contributed by atoms with E-state index >= 15 is 0 Å². The molecule has 32 heavy (non-hydrogen) atoms. The van der Waals surface area contributed by atoms with E-state index in [1.165, 1.54) is 0 Å². The van der Waals surface area contributed by atoms with E-state index in [0.29, 0.717) is 32.6 Å². The fourth-order valence-corrected chi connectivity index (χ4v) is 9.50. The van der Waals surface area contributed by atoms with Crippen LogP contribution in [0.3, 0.4) is 0 Å². The number of nitrogens with zero attached hydrogens (tertiary/aromatic N) is 2. The molecule has 0 radical (unpaired) electrons. The Labute approximate surface area is 201 Å². The molecule has 4 aliphatic rings. The predicted molar refractivity (Wildman–Crippen MR) is 125 cm³/mol. The van der Waals surface area contributed by atoms with E-state index in [4.69, 9.17) is 4.74 Å². The smallest absolute Gasteiger partial charge is 0.244 e. The predicted octanol–water partition coefficient (Wildman–Crippen LogP) is -0.584. The van der Waals surface area contributed by atoms with Crippen molar-refractivity contribution in [2.75, 3.05) is 53.0 Å². The number of carbonyl (C=O) groups is 3. The Kier molecular flexibility index (Phi) is 7.41. The number of nitrogens with one attached hydrogen (secondary N) is 2. The van der Waals surface area contributed by atoms with Gasteiger partial charge in [-0.05, 0) is 12.8 Å². The van der Waals surface area contributed by atoms with Gasteiger partial charge >= 0.3 is 0 Å². The first-order valence-corrected chi connectivity index (χ1v) is 13.2. The number of likely N-dealkylation sites (tertiary alicyclic amines) is 1. The van der Waals surface area contributed by atoms with Gasteiger partial charge in [0.05, 0.1) is 42.4 Å². The highest BCUT2D eigenvalue weighted by Crippen LogP contribution is 2.67. The summed E-state index contributed by atoms with van der Waals surface area (Å²) in [4.78, 5) is 44.0. The number of hydrogen-bond donors (Lipinski definition) is 3. The van der Waals surface area contributed by atoms with Crippen molar-refractivity contribution in [2.45, 2.75) is 46.7 Å². The minimum absolute atomic E-state index is 0.0519. The summed E-state index contributed by atoms with van der Waals surface area (Å²) in [6.07, 6.45) is 1.19. The summed E-state index contributed by atoms with van der Waals surface area (Å²) in [7, 11) is 1.59. The van der Waals surface area contributed by atoms with Gasteiger partial charge in [0.25, 0.3) is 0 Å². The molecule has 4 rings (SSSR count). The van der Waals surface area contributed by atoms with Crippen molar-refractivity contribution in [3.8, 4) is 0 Å². The Bertz CT molecular complexity index is 750. The molecule has 4 fully saturated rings. The zero-order chi connectivity index (χ0) is 23.0. The number of carbonyl (C=O) groups excluding carboxylic acids is 3. The maximum atomic E-state index is 13.7. The van der Waals surface area contributed by atoms with Crippen LogP contribution >= 0.6 is 27.7 Å². The molecule has 3 amide bonds. The monoisotopic (exact) mass is 532 g/mol. The fourth-order valence-electron chi connectivity index (χ4n) is 5.90. The Hall–Kier alpha value is -0.880. The van der Waals surface area contributed by atoms with E-state index < -0.39 is 28.7 Å². The fraction of sp³-hybridized carbons (Fsp3) is 0.857. The molecule has 180 valence electrons. The number of fused-ring (bicyclic) bond motifs is 1. The molecule has 2 bridgehead atoms. The number of aliphatic hydroxyl groups is 1. The minimum Gasteiger partial charge on any atom is -0.394 e. The van der Waals surface area contributed by atoms with Gasteiger partial charge in [0.1, 0.15) is 6.04 Å². The first-order valence-electron chi connectivity index (χ1n) is 11.4. The van der Waals surface area contributed by atoms with Crippen molar-refractivity contribution in [3.05, 3.63) is 0 Å². The summed E-state index contributed by atoms with van der Waals surface area (Å²) in [6.45, 7) is 5.98. The normalized spacial score (nSPS) is 37.4. The van der Waals surface area contributed by atoms with Crippen LogP contribution in [0.25, 0.3) is 0 Å². The summed E-state index contributed by atoms with van der Waals surface area (Å²) in [5.74, 6) is -1.56. The van der Waals surface area contributed by atoms with Crippen LogP contribution < -0.4 is 10.6 Å².